The normalized spacial score (nSPS) is 12.2. The molecular formula is C26H36ClN3O4S. The molecule has 0 saturated heterocycles. The van der Waals surface area contributed by atoms with Crippen LogP contribution in [0, 0.1) is 13.8 Å². The average Bonchev–Trinajstić information content (AvgIpc) is 2.79. The van der Waals surface area contributed by atoms with Gasteiger partial charge in [-0.3, -0.25) is 13.9 Å². The Bertz CT molecular complexity index is 1140. The van der Waals surface area contributed by atoms with Gasteiger partial charge in [0.05, 0.1) is 11.9 Å². The van der Waals surface area contributed by atoms with Crippen LogP contribution in [0.4, 0.5) is 5.69 Å². The van der Waals surface area contributed by atoms with Gasteiger partial charge in [0.2, 0.25) is 21.8 Å². The summed E-state index contributed by atoms with van der Waals surface area (Å²) in [6.45, 7) is 8.35. The first kappa shape index (κ1) is 28.7. The molecule has 2 rings (SSSR count). The highest BCUT2D eigenvalue weighted by atomic mass is 35.5. The van der Waals surface area contributed by atoms with Crippen molar-refractivity contribution in [2.75, 3.05) is 23.7 Å². The van der Waals surface area contributed by atoms with Gasteiger partial charge in [0, 0.05) is 31.1 Å². The zero-order valence-electron chi connectivity index (χ0n) is 21.2. The van der Waals surface area contributed by atoms with Gasteiger partial charge in [-0.2, -0.15) is 0 Å². The van der Waals surface area contributed by atoms with E-state index >= 15 is 0 Å². The number of anilines is 1. The summed E-state index contributed by atoms with van der Waals surface area (Å²) in [5, 5.41) is 3.40. The molecule has 0 unspecified atom stereocenters. The molecule has 0 aliphatic carbocycles. The lowest BCUT2D eigenvalue weighted by Gasteiger charge is -2.29. The maximum absolute atomic E-state index is 13.3. The van der Waals surface area contributed by atoms with Crippen LogP contribution in [0.3, 0.4) is 0 Å². The van der Waals surface area contributed by atoms with Crippen molar-refractivity contribution in [2.24, 2.45) is 0 Å². The predicted molar refractivity (Wildman–Crippen MR) is 142 cm³/mol. The number of nitrogens with zero attached hydrogens (tertiary/aromatic N) is 2. The summed E-state index contributed by atoms with van der Waals surface area (Å²) in [4.78, 5) is 27.5. The molecule has 2 amide bonds. The fraction of sp³-hybridized carbons (Fsp3) is 0.462. The molecule has 0 aromatic heterocycles. The average molecular weight is 522 g/mol. The lowest BCUT2D eigenvalue weighted by molar-refractivity contribution is -0.140. The third-order valence-corrected chi connectivity index (χ3v) is 7.16. The number of amides is 2. The van der Waals surface area contributed by atoms with Crippen LogP contribution in [-0.2, 0) is 26.2 Å². The molecular weight excluding hydrogens is 486 g/mol. The maximum Gasteiger partial charge on any atom is 0.242 e. The molecule has 0 saturated carbocycles. The summed E-state index contributed by atoms with van der Waals surface area (Å²) >= 11 is 6.12. The van der Waals surface area contributed by atoms with Crippen molar-refractivity contribution in [1.29, 1.82) is 0 Å². The number of sulfonamides is 1. The Balaban J connectivity index is 2.19. The van der Waals surface area contributed by atoms with Crippen LogP contribution in [-0.4, -0.2) is 50.5 Å². The van der Waals surface area contributed by atoms with Crippen LogP contribution >= 0.6 is 11.6 Å². The Morgan fingerprint density at radius 3 is 2.46 bits per heavy atom. The van der Waals surface area contributed by atoms with Crippen molar-refractivity contribution in [3.8, 4) is 0 Å². The van der Waals surface area contributed by atoms with Crippen LogP contribution in [0.5, 0.6) is 0 Å². The zero-order valence-corrected chi connectivity index (χ0v) is 22.7. The van der Waals surface area contributed by atoms with E-state index in [1.165, 1.54) is 15.5 Å². The van der Waals surface area contributed by atoms with Gasteiger partial charge in [-0.1, -0.05) is 42.8 Å². The summed E-state index contributed by atoms with van der Waals surface area (Å²) in [6.07, 6.45) is 2.38. The lowest BCUT2D eigenvalue weighted by atomic mass is 10.1. The third-order valence-electron chi connectivity index (χ3n) is 5.74. The van der Waals surface area contributed by atoms with E-state index < -0.39 is 16.1 Å². The monoisotopic (exact) mass is 521 g/mol. The molecule has 0 bridgehead atoms. The van der Waals surface area contributed by atoms with Gasteiger partial charge in [0.1, 0.15) is 6.04 Å². The number of carbonyl (C=O) groups is 2. The van der Waals surface area contributed by atoms with Gasteiger partial charge in [0.25, 0.3) is 0 Å². The fourth-order valence-electron chi connectivity index (χ4n) is 3.78. The summed E-state index contributed by atoms with van der Waals surface area (Å²) in [5.74, 6) is -0.450. The highest BCUT2D eigenvalue weighted by molar-refractivity contribution is 7.92. The minimum Gasteiger partial charge on any atom is -0.354 e. The Morgan fingerprint density at radius 2 is 1.83 bits per heavy atom. The van der Waals surface area contributed by atoms with Gasteiger partial charge in [-0.25, -0.2) is 8.42 Å². The molecule has 0 spiro atoms. The smallest absolute Gasteiger partial charge is 0.242 e. The molecule has 0 heterocycles. The Kier molecular flexibility index (Phi) is 10.6. The number of hydrogen-bond donors (Lipinski definition) is 1. The zero-order chi connectivity index (χ0) is 26.2. The van der Waals surface area contributed by atoms with Crippen LogP contribution in [0.1, 0.15) is 49.8 Å². The molecule has 0 radical (unpaired) electrons. The standard InChI is InChI=1S/C26H36ClN3O4S/c1-6-14-28-26(32)21(4)29(18-22-9-7-10-23(27)17-22)25(31)11-8-15-30(35(5,33)34)24-16-19(2)12-13-20(24)3/h7,9-10,12-13,16-17,21H,6,8,11,14-15,18H2,1-5H3,(H,28,32)/t21-/m0/s1. The van der Waals surface area contributed by atoms with Crippen molar-refractivity contribution in [3.63, 3.8) is 0 Å². The van der Waals surface area contributed by atoms with E-state index in [9.17, 15) is 18.0 Å². The Morgan fingerprint density at radius 1 is 1.11 bits per heavy atom. The molecule has 2 aromatic carbocycles. The fourth-order valence-corrected chi connectivity index (χ4v) is 5.01. The van der Waals surface area contributed by atoms with Crippen LogP contribution in [0.2, 0.25) is 5.02 Å². The molecule has 7 nitrogen and oxygen atoms in total. The Labute approximate surface area is 214 Å². The van der Waals surface area contributed by atoms with E-state index in [1.807, 2.05) is 45.0 Å². The molecule has 1 atom stereocenters. The van der Waals surface area contributed by atoms with Gasteiger partial charge < -0.3 is 10.2 Å². The summed E-state index contributed by atoms with van der Waals surface area (Å²) in [5.41, 5.74) is 3.23. The van der Waals surface area contributed by atoms with Crippen molar-refractivity contribution < 1.29 is 18.0 Å². The molecule has 0 aliphatic rings. The van der Waals surface area contributed by atoms with Crippen molar-refractivity contribution in [3.05, 3.63) is 64.2 Å². The molecule has 1 N–H and O–H groups in total. The van der Waals surface area contributed by atoms with E-state index in [4.69, 9.17) is 11.6 Å². The van der Waals surface area contributed by atoms with Crippen molar-refractivity contribution in [2.45, 2.75) is 59.5 Å². The topological polar surface area (TPSA) is 86.8 Å². The first-order chi connectivity index (χ1) is 16.4. The largest absolute Gasteiger partial charge is 0.354 e. The first-order valence-electron chi connectivity index (χ1n) is 11.8. The van der Waals surface area contributed by atoms with Gasteiger partial charge in [-0.15, -0.1) is 0 Å². The minimum absolute atomic E-state index is 0.100. The second kappa shape index (κ2) is 12.9. The van der Waals surface area contributed by atoms with Gasteiger partial charge >= 0.3 is 0 Å². The maximum atomic E-state index is 13.3. The van der Waals surface area contributed by atoms with Crippen molar-refractivity contribution >= 4 is 39.1 Å². The number of rotatable bonds is 12. The highest BCUT2D eigenvalue weighted by Crippen LogP contribution is 2.25. The number of hydrogen-bond acceptors (Lipinski definition) is 4. The first-order valence-corrected chi connectivity index (χ1v) is 14.0. The molecule has 0 fully saturated rings. The second-order valence-electron chi connectivity index (χ2n) is 8.85. The molecule has 9 heteroatoms. The van der Waals surface area contributed by atoms with Gasteiger partial charge in [0.15, 0.2) is 0 Å². The van der Waals surface area contributed by atoms with E-state index in [0.717, 1.165) is 23.1 Å². The van der Waals surface area contributed by atoms with Crippen LogP contribution in [0.15, 0.2) is 42.5 Å². The SMILES string of the molecule is CCCNC(=O)[C@H](C)N(Cc1cccc(Cl)c1)C(=O)CCCN(c1cc(C)ccc1C)S(C)(=O)=O. The number of carbonyl (C=O) groups excluding carboxylic acids is 2. The highest BCUT2D eigenvalue weighted by Gasteiger charge is 2.26. The number of nitrogens with one attached hydrogen (secondary N) is 1. The third kappa shape index (κ3) is 8.54. The van der Waals surface area contributed by atoms with E-state index in [0.29, 0.717) is 23.7 Å². The van der Waals surface area contributed by atoms with Crippen LogP contribution < -0.4 is 9.62 Å². The quantitative estimate of drug-likeness (QED) is 0.447. The number of halogens is 1. The summed E-state index contributed by atoms with van der Waals surface area (Å²) < 4.78 is 26.4. The number of aryl methyl sites for hydroxylation is 2. The second-order valence-corrected chi connectivity index (χ2v) is 11.2. The predicted octanol–water partition coefficient (Wildman–Crippen LogP) is 4.45. The van der Waals surface area contributed by atoms with E-state index in [1.54, 1.807) is 25.1 Å². The van der Waals surface area contributed by atoms with Crippen LogP contribution in [0.25, 0.3) is 0 Å². The van der Waals surface area contributed by atoms with Gasteiger partial charge in [-0.05, 0) is 68.5 Å². The molecule has 192 valence electrons. The molecule has 35 heavy (non-hydrogen) atoms. The van der Waals surface area contributed by atoms with E-state index in [-0.39, 0.29) is 31.3 Å². The molecule has 0 aliphatic heterocycles. The Hall–Kier alpha value is -2.58. The minimum atomic E-state index is -3.54. The van der Waals surface area contributed by atoms with E-state index in [2.05, 4.69) is 5.32 Å². The summed E-state index contributed by atoms with van der Waals surface area (Å²) in [7, 11) is -3.54. The summed E-state index contributed by atoms with van der Waals surface area (Å²) in [6, 6.07) is 12.2. The molecule has 2 aromatic rings. The number of benzene rings is 2. The lowest BCUT2D eigenvalue weighted by Crippen LogP contribution is -2.47. The van der Waals surface area contributed by atoms with Crippen molar-refractivity contribution in [1.82, 2.24) is 10.2 Å².